The number of esters is 1. The second kappa shape index (κ2) is 6.20. The summed E-state index contributed by atoms with van der Waals surface area (Å²) < 4.78 is 4.68. The molecule has 1 aromatic heterocycles. The number of amides is 1. The molecule has 1 aromatic rings. The number of hydrogen-bond donors (Lipinski definition) is 1. The van der Waals surface area contributed by atoms with Crippen LogP contribution < -0.4 is 5.32 Å². The molecular formula is C11H13ClN2O3. The van der Waals surface area contributed by atoms with Gasteiger partial charge in [-0.3, -0.25) is 14.6 Å². The molecule has 1 heterocycles. The zero-order valence-corrected chi connectivity index (χ0v) is 10.4. The van der Waals surface area contributed by atoms with Gasteiger partial charge >= 0.3 is 5.97 Å². The summed E-state index contributed by atoms with van der Waals surface area (Å²) in [4.78, 5) is 26.6. The third kappa shape index (κ3) is 4.03. The van der Waals surface area contributed by atoms with Crippen molar-refractivity contribution in [1.29, 1.82) is 0 Å². The Morgan fingerprint density at radius 2 is 2.24 bits per heavy atom. The Labute approximate surface area is 104 Å². The van der Waals surface area contributed by atoms with Crippen LogP contribution in [0, 0.1) is 6.92 Å². The predicted octanol–water partition coefficient (Wildman–Crippen LogP) is 1.34. The Morgan fingerprint density at radius 3 is 2.82 bits per heavy atom. The van der Waals surface area contributed by atoms with Gasteiger partial charge in [-0.1, -0.05) is 11.6 Å². The lowest BCUT2D eigenvalue weighted by atomic mass is 10.2. The van der Waals surface area contributed by atoms with E-state index in [-0.39, 0.29) is 18.7 Å². The van der Waals surface area contributed by atoms with Gasteiger partial charge < -0.3 is 10.1 Å². The smallest absolute Gasteiger partial charge is 0.325 e. The minimum Gasteiger partial charge on any atom is -0.465 e. The number of carbonyl (C=O) groups is 2. The van der Waals surface area contributed by atoms with Crippen molar-refractivity contribution >= 4 is 23.5 Å². The van der Waals surface area contributed by atoms with Crippen LogP contribution in [-0.4, -0.2) is 30.0 Å². The molecule has 0 fully saturated rings. The van der Waals surface area contributed by atoms with Crippen LogP contribution in [0.3, 0.4) is 0 Å². The fourth-order valence-electron chi connectivity index (χ4n) is 1.15. The molecule has 1 N–H and O–H groups in total. The Morgan fingerprint density at radius 1 is 1.53 bits per heavy atom. The molecule has 6 heteroatoms. The number of pyridine rings is 1. The third-order valence-electron chi connectivity index (χ3n) is 1.93. The van der Waals surface area contributed by atoms with Gasteiger partial charge in [-0.05, 0) is 19.9 Å². The van der Waals surface area contributed by atoms with Crippen molar-refractivity contribution in [1.82, 2.24) is 10.3 Å². The molecule has 1 rings (SSSR count). The lowest BCUT2D eigenvalue weighted by Gasteiger charge is -2.06. The maximum Gasteiger partial charge on any atom is 0.325 e. The van der Waals surface area contributed by atoms with Gasteiger partial charge in [0.2, 0.25) is 0 Å². The molecule has 1 amide bonds. The average Bonchev–Trinajstić information content (AvgIpc) is 2.26. The number of aromatic nitrogens is 1. The summed E-state index contributed by atoms with van der Waals surface area (Å²) in [6, 6.07) is 1.58. The van der Waals surface area contributed by atoms with Crippen LogP contribution in [-0.2, 0) is 9.53 Å². The van der Waals surface area contributed by atoms with Gasteiger partial charge in [-0.2, -0.15) is 0 Å². The Balaban J connectivity index is 2.61. The third-order valence-corrected chi connectivity index (χ3v) is 2.25. The Bertz CT molecular complexity index is 435. The maximum absolute atomic E-state index is 11.6. The fourth-order valence-corrected chi connectivity index (χ4v) is 1.45. The van der Waals surface area contributed by atoms with E-state index in [4.69, 9.17) is 11.6 Å². The molecule has 0 saturated carbocycles. The van der Waals surface area contributed by atoms with E-state index >= 15 is 0 Å². The maximum atomic E-state index is 11.6. The van der Waals surface area contributed by atoms with Gasteiger partial charge in [0.05, 0.1) is 17.2 Å². The molecule has 0 atom stereocenters. The van der Waals surface area contributed by atoms with Crippen LogP contribution in [0.25, 0.3) is 0 Å². The van der Waals surface area contributed by atoms with Gasteiger partial charge in [0.25, 0.3) is 5.91 Å². The standard InChI is InChI=1S/C11H13ClN2O3/c1-3-17-10(15)6-14-11(16)8-5-13-7(2)4-9(8)12/h4-5H,3,6H2,1-2H3,(H,14,16). The number of nitrogens with one attached hydrogen (secondary N) is 1. The highest BCUT2D eigenvalue weighted by Crippen LogP contribution is 2.15. The van der Waals surface area contributed by atoms with Crippen molar-refractivity contribution in [2.75, 3.05) is 13.2 Å². The molecule has 0 saturated heterocycles. The van der Waals surface area contributed by atoms with Crippen molar-refractivity contribution in [3.05, 3.63) is 28.5 Å². The van der Waals surface area contributed by atoms with E-state index in [1.54, 1.807) is 19.9 Å². The molecule has 92 valence electrons. The zero-order chi connectivity index (χ0) is 12.8. The molecule has 0 aliphatic carbocycles. The van der Waals surface area contributed by atoms with E-state index in [0.717, 1.165) is 5.69 Å². The fraction of sp³-hybridized carbons (Fsp3) is 0.364. The van der Waals surface area contributed by atoms with Crippen LogP contribution in [0.2, 0.25) is 5.02 Å². The van der Waals surface area contributed by atoms with Crippen LogP contribution in [0.15, 0.2) is 12.3 Å². The molecule has 0 unspecified atom stereocenters. The predicted molar refractivity (Wildman–Crippen MR) is 63.0 cm³/mol. The molecule has 5 nitrogen and oxygen atoms in total. The zero-order valence-electron chi connectivity index (χ0n) is 9.62. The van der Waals surface area contributed by atoms with Crippen LogP contribution in [0.5, 0.6) is 0 Å². The van der Waals surface area contributed by atoms with Gasteiger partial charge in [-0.15, -0.1) is 0 Å². The van der Waals surface area contributed by atoms with Crippen molar-refractivity contribution in [3.63, 3.8) is 0 Å². The number of nitrogens with zero attached hydrogens (tertiary/aromatic N) is 1. The molecular weight excluding hydrogens is 244 g/mol. The number of carbonyl (C=O) groups excluding carboxylic acids is 2. The first kappa shape index (κ1) is 13.4. The van der Waals surface area contributed by atoms with Crippen LogP contribution >= 0.6 is 11.6 Å². The van der Waals surface area contributed by atoms with E-state index in [0.29, 0.717) is 5.02 Å². The first-order valence-corrected chi connectivity index (χ1v) is 5.48. The molecule has 0 aliphatic heterocycles. The summed E-state index contributed by atoms with van der Waals surface area (Å²) in [7, 11) is 0. The highest BCUT2D eigenvalue weighted by molar-refractivity contribution is 6.33. The monoisotopic (exact) mass is 256 g/mol. The molecule has 0 spiro atoms. The Hall–Kier alpha value is -1.62. The Kier molecular flexibility index (Phi) is 4.90. The number of ether oxygens (including phenoxy) is 1. The van der Waals surface area contributed by atoms with Gasteiger partial charge in [0, 0.05) is 11.9 Å². The minimum absolute atomic E-state index is 0.184. The first-order chi connectivity index (χ1) is 8.04. The summed E-state index contributed by atoms with van der Waals surface area (Å²) >= 11 is 5.88. The number of halogens is 1. The number of aryl methyl sites for hydroxylation is 1. The van der Waals surface area contributed by atoms with Crippen molar-refractivity contribution in [2.45, 2.75) is 13.8 Å². The SMILES string of the molecule is CCOC(=O)CNC(=O)c1cnc(C)cc1Cl. The molecule has 17 heavy (non-hydrogen) atoms. The largest absolute Gasteiger partial charge is 0.465 e. The van der Waals surface area contributed by atoms with E-state index in [2.05, 4.69) is 15.0 Å². The number of rotatable bonds is 4. The highest BCUT2D eigenvalue weighted by atomic mass is 35.5. The second-order valence-corrected chi connectivity index (χ2v) is 3.70. The van der Waals surface area contributed by atoms with E-state index in [1.807, 2.05) is 0 Å². The normalized spacial score (nSPS) is 9.82. The van der Waals surface area contributed by atoms with Gasteiger partial charge in [0.15, 0.2) is 0 Å². The highest BCUT2D eigenvalue weighted by Gasteiger charge is 2.12. The quantitative estimate of drug-likeness (QED) is 0.826. The van der Waals surface area contributed by atoms with Gasteiger partial charge in [-0.25, -0.2) is 0 Å². The van der Waals surface area contributed by atoms with Crippen molar-refractivity contribution < 1.29 is 14.3 Å². The molecule has 0 aliphatic rings. The van der Waals surface area contributed by atoms with E-state index in [9.17, 15) is 9.59 Å². The summed E-state index contributed by atoms with van der Waals surface area (Å²) in [5.41, 5.74) is 0.957. The topological polar surface area (TPSA) is 68.3 Å². The lowest BCUT2D eigenvalue weighted by Crippen LogP contribution is -2.30. The summed E-state index contributed by atoms with van der Waals surface area (Å²) in [6.45, 7) is 3.56. The first-order valence-electron chi connectivity index (χ1n) is 5.10. The minimum atomic E-state index is -0.489. The lowest BCUT2D eigenvalue weighted by molar-refractivity contribution is -0.141. The van der Waals surface area contributed by atoms with Crippen molar-refractivity contribution in [3.8, 4) is 0 Å². The molecule has 0 radical (unpaired) electrons. The van der Waals surface area contributed by atoms with Crippen LogP contribution in [0.4, 0.5) is 0 Å². The van der Waals surface area contributed by atoms with E-state index < -0.39 is 11.9 Å². The van der Waals surface area contributed by atoms with Crippen molar-refractivity contribution in [2.24, 2.45) is 0 Å². The second-order valence-electron chi connectivity index (χ2n) is 3.29. The summed E-state index contributed by atoms with van der Waals surface area (Å²) in [5.74, 6) is -0.937. The van der Waals surface area contributed by atoms with Crippen LogP contribution in [0.1, 0.15) is 23.0 Å². The summed E-state index contributed by atoms with van der Waals surface area (Å²) in [5, 5.41) is 2.71. The molecule has 0 aromatic carbocycles. The van der Waals surface area contributed by atoms with E-state index in [1.165, 1.54) is 6.20 Å². The number of hydrogen-bond acceptors (Lipinski definition) is 4. The summed E-state index contributed by atoms with van der Waals surface area (Å²) in [6.07, 6.45) is 1.37. The molecule has 0 bridgehead atoms. The van der Waals surface area contributed by atoms with Gasteiger partial charge in [0.1, 0.15) is 6.54 Å². The average molecular weight is 257 g/mol.